The highest BCUT2D eigenvalue weighted by atomic mass is 79.9. The zero-order chi connectivity index (χ0) is 106. The van der Waals surface area contributed by atoms with Crippen molar-refractivity contribution in [3.63, 3.8) is 0 Å². The maximum absolute atomic E-state index is 13.0. The number of hydrogen-bond donors (Lipinski definition) is 3. The first-order valence-corrected chi connectivity index (χ1v) is 49.7. The third kappa shape index (κ3) is 36.0. The van der Waals surface area contributed by atoms with Gasteiger partial charge in [0, 0.05) is 107 Å². The van der Waals surface area contributed by atoms with Crippen LogP contribution in [0.25, 0.3) is 0 Å². The molecule has 1 unspecified atom stereocenters. The molecule has 33 heteroatoms. The third-order valence-electron chi connectivity index (χ3n) is 24.1. The Morgan fingerprint density at radius 1 is 0.429 bits per heavy atom. The Labute approximate surface area is 861 Å². The van der Waals surface area contributed by atoms with E-state index < -0.39 is 54.3 Å². The normalized spacial score (nSPS) is 13.2. The van der Waals surface area contributed by atoms with E-state index in [0.29, 0.717) is 120 Å². The Kier molecular flexibility index (Phi) is 44.7. The molecule has 0 aromatic heterocycles. The fourth-order valence-electron chi connectivity index (χ4n) is 17.3. The van der Waals surface area contributed by atoms with Crippen LogP contribution in [0, 0.1) is 78.7 Å². The molecule has 0 radical (unpaired) electrons. The van der Waals surface area contributed by atoms with Crippen molar-refractivity contribution in [2.24, 2.45) is 11.5 Å². The average molecular weight is 2080 g/mol. The van der Waals surface area contributed by atoms with Gasteiger partial charge in [-0.3, -0.25) is 14.9 Å². The molecule has 4 heterocycles. The van der Waals surface area contributed by atoms with Crippen molar-refractivity contribution in [1.82, 2.24) is 5.32 Å². The average Bonchev–Trinajstić information content (AvgIpc) is 1.67. The number of esters is 4. The van der Waals surface area contributed by atoms with E-state index in [2.05, 4.69) is 120 Å². The van der Waals surface area contributed by atoms with Crippen LogP contribution in [0.15, 0.2) is 231 Å². The first-order chi connectivity index (χ1) is 70.6. The van der Waals surface area contributed by atoms with Gasteiger partial charge in [0.2, 0.25) is 6.04 Å². The number of carbonyl (C=O) groups excluding carboxylic acids is 5. The number of anilines is 4. The van der Waals surface area contributed by atoms with E-state index in [-0.39, 0.29) is 85.1 Å². The van der Waals surface area contributed by atoms with Gasteiger partial charge in [-0.25, -0.2) is 36.7 Å². The monoisotopic (exact) mass is 2080 g/mol. The molecular weight excluding hydrogens is 1960 g/mol. The maximum atomic E-state index is 13.0. The zero-order valence-electron chi connectivity index (χ0n) is 82.9. The summed E-state index contributed by atoms with van der Waals surface area (Å²) in [6.45, 7) is 17.3. The molecular formula is C114H120BrF7N12O13. The van der Waals surface area contributed by atoms with E-state index in [0.717, 1.165) is 115 Å². The molecule has 0 saturated heterocycles. The quantitative estimate of drug-likeness (QED) is 0.00615. The van der Waals surface area contributed by atoms with Gasteiger partial charge >= 0.3 is 30.1 Å². The molecule has 5 atom stereocenters. The number of nitrogens with zero attached hydrogens (tertiary/aromatic N) is 9. The van der Waals surface area contributed by atoms with Crippen molar-refractivity contribution in [1.29, 1.82) is 21.0 Å². The molecule has 11 aromatic carbocycles. The molecule has 0 aliphatic carbocycles. The van der Waals surface area contributed by atoms with Crippen LogP contribution < -0.4 is 45.9 Å². The van der Waals surface area contributed by atoms with Gasteiger partial charge in [0.05, 0.1) is 100 Å². The number of nitro groups is 1. The molecule has 0 amide bonds. The highest BCUT2D eigenvalue weighted by molar-refractivity contribution is 9.09. The summed E-state index contributed by atoms with van der Waals surface area (Å²) in [5.41, 5.74) is 29.9. The minimum atomic E-state index is -4.34. The van der Waals surface area contributed by atoms with E-state index in [1.54, 1.807) is 44.2 Å². The number of para-hydroxylation sites is 2. The van der Waals surface area contributed by atoms with E-state index in [1.807, 2.05) is 74.5 Å². The lowest BCUT2D eigenvalue weighted by molar-refractivity contribution is -0.517. The molecule has 25 nitrogen and oxygen atoms in total. The lowest BCUT2D eigenvalue weighted by atomic mass is 9.98. The van der Waals surface area contributed by atoms with Gasteiger partial charge in [-0.1, -0.05) is 113 Å². The summed E-state index contributed by atoms with van der Waals surface area (Å²) in [6.07, 6.45) is 3.75. The fourth-order valence-corrected chi connectivity index (χ4v) is 17.5. The van der Waals surface area contributed by atoms with Crippen molar-refractivity contribution in [3.8, 4) is 35.8 Å². The molecule has 0 saturated carbocycles. The summed E-state index contributed by atoms with van der Waals surface area (Å²) in [7, 11) is 0. The van der Waals surface area contributed by atoms with Gasteiger partial charge in [-0.2, -0.15) is 34.2 Å². The second-order valence-electron chi connectivity index (χ2n) is 35.9. The van der Waals surface area contributed by atoms with Crippen molar-refractivity contribution < 1.29 is 88.1 Å². The summed E-state index contributed by atoms with van der Waals surface area (Å²) in [5.74, 6) is -3.00. The Morgan fingerprint density at radius 2 is 0.735 bits per heavy atom. The lowest BCUT2D eigenvalue weighted by Gasteiger charge is -2.22. The Hall–Kier alpha value is -15.0. The fraction of sp³-hybridized carbons (Fsp3) is 0.342. The second-order valence-corrected chi connectivity index (χ2v) is 36.7. The molecule has 0 fully saturated rings. The van der Waals surface area contributed by atoms with Crippen LogP contribution in [-0.2, 0) is 75.1 Å². The summed E-state index contributed by atoms with van der Waals surface area (Å²) < 4.78 is 119. The van der Waals surface area contributed by atoms with Crippen molar-refractivity contribution in [2.75, 3.05) is 117 Å². The van der Waals surface area contributed by atoms with Gasteiger partial charge in [-0.05, 0) is 288 Å². The second kappa shape index (κ2) is 57.6. The number of fused-ring (bicyclic) bond motifs is 4. The number of rotatable bonds is 38. The molecule has 770 valence electrons. The Balaban J connectivity index is 0.000000187. The van der Waals surface area contributed by atoms with Gasteiger partial charge in [0.15, 0.2) is 18.1 Å². The number of hydrogen-bond acceptors (Lipinski definition) is 24. The smallest absolute Gasteiger partial charge is 0.422 e. The van der Waals surface area contributed by atoms with Gasteiger partial charge in [-0.15, -0.1) is 0 Å². The number of nitriles is 4. The summed E-state index contributed by atoms with van der Waals surface area (Å²) in [6, 6.07) is 72.7. The lowest BCUT2D eigenvalue weighted by Crippen LogP contribution is -2.30. The van der Waals surface area contributed by atoms with Crippen molar-refractivity contribution >= 4 is 68.3 Å². The number of carbonyl (C=O) groups is 5. The molecule has 11 aromatic rings. The third-order valence-corrected chi connectivity index (χ3v) is 24.4. The molecule has 15 rings (SSSR count). The number of benzene rings is 11. The highest BCUT2D eigenvalue weighted by Gasteiger charge is 2.32. The van der Waals surface area contributed by atoms with Crippen LogP contribution in [0.2, 0.25) is 0 Å². The van der Waals surface area contributed by atoms with Crippen molar-refractivity contribution in [3.05, 3.63) is 364 Å². The molecule has 0 bridgehead atoms. The van der Waals surface area contributed by atoms with Crippen LogP contribution in [0.5, 0.6) is 11.5 Å². The summed E-state index contributed by atoms with van der Waals surface area (Å²) in [4.78, 5) is 78.6. The van der Waals surface area contributed by atoms with E-state index in [4.69, 9.17) is 35.2 Å². The van der Waals surface area contributed by atoms with E-state index in [1.165, 1.54) is 131 Å². The number of nitrogens with two attached hydrogens (primary N) is 2. The number of alkyl halides is 4. The van der Waals surface area contributed by atoms with Crippen LogP contribution >= 0.6 is 15.9 Å². The topological polar surface area (TPSA) is 356 Å². The Bertz CT molecular complexity index is 6410. The predicted molar refractivity (Wildman–Crippen MR) is 553 cm³/mol. The molecule has 4 aliphatic rings. The summed E-state index contributed by atoms with van der Waals surface area (Å²) >= 11 is 3.16. The van der Waals surface area contributed by atoms with Gasteiger partial charge in [0.1, 0.15) is 53.3 Å². The highest BCUT2D eigenvalue weighted by Crippen LogP contribution is 2.39. The standard InChI is InChI=1S/C30H32FN3O2.C22H22FN3O4.C22H24FN3O2.C22H21FN2O3.C10H10BrF3O2.C8H11N/c1-21(33-22(2)24-7-4-3-5-8-24)17-23-18-26-13-15-34(29(26)27(19-23)20-32)14-6-16-36-30(35)25-9-11-28(31)12-10-25;1-15(26(28)29)11-16-12-18-7-9-25(21(18)19(13-16)14-24)8-2-10-30-22(27)17-3-5-20(23)6-4-17;1-15(25)11-16-12-18-7-9-26(21(18)19(13-16)14-24)8-2-10-28-22(27)17-3-5-20(23)6-4-17;1-15(26)11-16-12-18-7-9-25(21(18)19(13-16)14-24)8-2-10-28-22(27)17-3-5-20(23)6-4-17;11-5-6-15-8-3-1-2-4-9(8)16-7-10(12,13)14;1-7(9)8-5-3-2-4-6-8/h3-5,7-12,18-19,21-22,33H,6,13-17H2,1-2H3;3-6,12-13,15H,2,7-11H2,1H3;3-6,12-13,15H,2,7-11,25H2,1H3;3-6,12-13H,2,7-11H2,1H3;1-4H,5-7H2;2-7H,9H2,1H3/t21-,22-;;15-;;;7-/m1.1..1/s1. The minimum Gasteiger partial charge on any atom is -0.489 e. The number of nitrogens with one attached hydrogen (secondary N) is 1. The van der Waals surface area contributed by atoms with E-state index >= 15 is 0 Å². The zero-order valence-corrected chi connectivity index (χ0v) is 84.5. The molecule has 5 N–H and O–H groups in total. The predicted octanol–water partition coefficient (Wildman–Crippen LogP) is 20.8. The first kappa shape index (κ1) is 114. The first-order valence-electron chi connectivity index (χ1n) is 48.5. The van der Waals surface area contributed by atoms with Gasteiger partial charge < -0.3 is 64.8 Å². The Morgan fingerprint density at radius 3 is 1.03 bits per heavy atom. The molecule has 4 aliphatic heterocycles. The van der Waals surface area contributed by atoms with Crippen molar-refractivity contribution in [2.45, 2.75) is 155 Å². The minimum absolute atomic E-state index is 0.0536. The maximum Gasteiger partial charge on any atom is 0.422 e. The number of Topliss-reactive ketones (excluding diaryl/α,β-unsaturated/α-hetero) is 1. The number of ether oxygens (including phenoxy) is 6. The van der Waals surface area contributed by atoms with Crippen LogP contribution in [0.4, 0.5) is 53.5 Å². The van der Waals surface area contributed by atoms with E-state index in [9.17, 15) is 85.9 Å². The summed E-state index contributed by atoms with van der Waals surface area (Å²) in [5, 5.41) is 53.7. The SMILES string of the molecule is CC(=O)Cc1cc(C#N)c2c(c1)CCN2CCCOC(=O)c1ccc(F)cc1.CC(Cc1cc(C#N)c2c(c1)CCN2CCCOC(=O)c1ccc(F)cc1)[N+](=O)[O-].C[C@@H](N)Cc1cc(C#N)c2c(c1)CCN2CCCOC(=O)c1ccc(F)cc1.C[C@@H](N)c1ccccc1.C[C@H](Cc1cc(C#N)c2c(c1)CCN2CCCOC(=O)c1ccc(F)cc1)N[C@H](C)c1ccccc1.FC(F)(F)COc1ccccc1OCCBr. The largest absolute Gasteiger partial charge is 0.489 e. The molecule has 0 spiro atoms. The number of halogens is 8. The van der Waals surface area contributed by atoms with Crippen LogP contribution in [0.1, 0.15) is 199 Å². The van der Waals surface area contributed by atoms with Gasteiger partial charge in [0.25, 0.3) is 0 Å². The van der Waals surface area contributed by atoms with Crippen LogP contribution in [0.3, 0.4) is 0 Å². The number of ketones is 1. The molecule has 147 heavy (non-hydrogen) atoms. The van der Waals surface area contributed by atoms with Crippen LogP contribution in [-0.4, -0.2) is 156 Å².